The van der Waals surface area contributed by atoms with E-state index in [0.717, 1.165) is 0 Å². The SMILES string of the molecule is COC(OC)[C@H](CN)C(C)C.Cl. The molecule has 4 heteroatoms. The van der Waals surface area contributed by atoms with Crippen LogP contribution in [0.2, 0.25) is 0 Å². The standard InChI is InChI=1S/C8H19NO2.ClH/c1-6(2)7(5-9)8(10-3)11-4;/h6-8H,5,9H2,1-4H3;1H/t7-;/m1./s1. The lowest BCUT2D eigenvalue weighted by Crippen LogP contribution is -2.34. The van der Waals surface area contributed by atoms with Crippen LogP contribution in [0.5, 0.6) is 0 Å². The summed E-state index contributed by atoms with van der Waals surface area (Å²) in [6, 6.07) is 0. The van der Waals surface area contributed by atoms with Crippen LogP contribution in [0.15, 0.2) is 0 Å². The Morgan fingerprint density at radius 2 is 1.58 bits per heavy atom. The summed E-state index contributed by atoms with van der Waals surface area (Å²) in [5, 5.41) is 0. The van der Waals surface area contributed by atoms with E-state index in [0.29, 0.717) is 12.5 Å². The molecule has 0 radical (unpaired) electrons. The number of halogens is 1. The van der Waals surface area contributed by atoms with Crippen molar-refractivity contribution in [1.29, 1.82) is 0 Å². The zero-order valence-corrected chi connectivity index (χ0v) is 9.06. The van der Waals surface area contributed by atoms with Gasteiger partial charge in [-0.2, -0.15) is 0 Å². The molecule has 0 spiro atoms. The molecular formula is C8H20ClNO2. The highest BCUT2D eigenvalue weighted by atomic mass is 35.5. The van der Waals surface area contributed by atoms with Gasteiger partial charge in [-0.3, -0.25) is 0 Å². The summed E-state index contributed by atoms with van der Waals surface area (Å²) in [7, 11) is 3.28. The van der Waals surface area contributed by atoms with Crippen molar-refractivity contribution in [1.82, 2.24) is 0 Å². The topological polar surface area (TPSA) is 44.5 Å². The average molecular weight is 198 g/mol. The van der Waals surface area contributed by atoms with E-state index in [1.165, 1.54) is 0 Å². The summed E-state index contributed by atoms with van der Waals surface area (Å²) in [6.45, 7) is 4.83. The number of rotatable bonds is 5. The predicted molar refractivity (Wildman–Crippen MR) is 52.4 cm³/mol. The molecule has 0 aliphatic rings. The van der Waals surface area contributed by atoms with E-state index in [4.69, 9.17) is 15.2 Å². The predicted octanol–water partition coefficient (Wildman–Crippen LogP) is 1.26. The van der Waals surface area contributed by atoms with E-state index in [2.05, 4.69) is 13.8 Å². The van der Waals surface area contributed by atoms with Crippen LogP contribution in [-0.4, -0.2) is 27.1 Å². The van der Waals surface area contributed by atoms with Crippen molar-refractivity contribution in [2.45, 2.75) is 20.1 Å². The van der Waals surface area contributed by atoms with Crippen molar-refractivity contribution in [3.05, 3.63) is 0 Å². The van der Waals surface area contributed by atoms with E-state index >= 15 is 0 Å². The minimum Gasteiger partial charge on any atom is -0.356 e. The Balaban J connectivity index is 0. The Morgan fingerprint density at radius 1 is 1.17 bits per heavy atom. The van der Waals surface area contributed by atoms with Gasteiger partial charge in [0.2, 0.25) is 0 Å². The fourth-order valence-electron chi connectivity index (χ4n) is 1.14. The lowest BCUT2D eigenvalue weighted by atomic mass is 9.95. The van der Waals surface area contributed by atoms with Gasteiger partial charge in [-0.1, -0.05) is 13.8 Å². The Hall–Kier alpha value is 0.170. The molecule has 12 heavy (non-hydrogen) atoms. The normalized spacial score (nSPS) is 13.2. The maximum Gasteiger partial charge on any atom is 0.161 e. The fraction of sp³-hybridized carbons (Fsp3) is 1.00. The first-order valence-electron chi connectivity index (χ1n) is 3.93. The van der Waals surface area contributed by atoms with Crippen LogP contribution >= 0.6 is 12.4 Å². The molecule has 0 unspecified atom stereocenters. The van der Waals surface area contributed by atoms with Gasteiger partial charge in [0.05, 0.1) is 0 Å². The lowest BCUT2D eigenvalue weighted by molar-refractivity contribution is -0.144. The third-order valence-corrected chi connectivity index (χ3v) is 1.94. The van der Waals surface area contributed by atoms with E-state index in [1.54, 1.807) is 14.2 Å². The molecule has 0 aliphatic heterocycles. The van der Waals surface area contributed by atoms with Crippen molar-refractivity contribution >= 4 is 12.4 Å². The fourth-order valence-corrected chi connectivity index (χ4v) is 1.14. The molecule has 0 aromatic carbocycles. The largest absolute Gasteiger partial charge is 0.356 e. The average Bonchev–Trinajstić information content (AvgIpc) is 1.99. The van der Waals surface area contributed by atoms with Crippen molar-refractivity contribution in [2.75, 3.05) is 20.8 Å². The third kappa shape index (κ3) is 4.26. The first-order valence-corrected chi connectivity index (χ1v) is 3.93. The molecular weight excluding hydrogens is 178 g/mol. The van der Waals surface area contributed by atoms with Gasteiger partial charge in [0, 0.05) is 26.7 Å². The molecule has 0 aromatic heterocycles. The number of ether oxygens (including phenoxy) is 2. The second kappa shape index (κ2) is 7.80. The van der Waals surface area contributed by atoms with E-state index in [-0.39, 0.29) is 24.6 Å². The molecule has 0 aliphatic carbocycles. The van der Waals surface area contributed by atoms with Crippen LogP contribution in [0.4, 0.5) is 0 Å². The van der Waals surface area contributed by atoms with E-state index in [9.17, 15) is 0 Å². The summed E-state index contributed by atoms with van der Waals surface area (Å²) >= 11 is 0. The highest BCUT2D eigenvalue weighted by Gasteiger charge is 2.22. The number of hydrogen-bond acceptors (Lipinski definition) is 3. The lowest BCUT2D eigenvalue weighted by Gasteiger charge is -2.26. The van der Waals surface area contributed by atoms with Gasteiger partial charge < -0.3 is 15.2 Å². The molecule has 1 atom stereocenters. The number of hydrogen-bond donors (Lipinski definition) is 1. The third-order valence-electron chi connectivity index (χ3n) is 1.94. The molecule has 0 bridgehead atoms. The molecule has 0 fully saturated rings. The van der Waals surface area contributed by atoms with Crippen LogP contribution in [-0.2, 0) is 9.47 Å². The Morgan fingerprint density at radius 3 is 1.67 bits per heavy atom. The van der Waals surface area contributed by atoms with Gasteiger partial charge in [-0.15, -0.1) is 12.4 Å². The van der Waals surface area contributed by atoms with Crippen LogP contribution in [0, 0.1) is 11.8 Å². The van der Waals surface area contributed by atoms with Gasteiger partial charge >= 0.3 is 0 Å². The molecule has 0 saturated carbocycles. The van der Waals surface area contributed by atoms with Gasteiger partial charge in [0.1, 0.15) is 0 Å². The Bertz CT molecular complexity index is 97.1. The first-order chi connectivity index (χ1) is 5.17. The quantitative estimate of drug-likeness (QED) is 0.675. The molecule has 2 N–H and O–H groups in total. The first kappa shape index (κ1) is 14.7. The molecule has 0 aromatic rings. The minimum atomic E-state index is -0.167. The van der Waals surface area contributed by atoms with Crippen molar-refractivity contribution < 1.29 is 9.47 Å². The zero-order chi connectivity index (χ0) is 8.85. The van der Waals surface area contributed by atoms with E-state index in [1.807, 2.05) is 0 Å². The van der Waals surface area contributed by atoms with Gasteiger partial charge in [0.25, 0.3) is 0 Å². The van der Waals surface area contributed by atoms with Crippen molar-refractivity contribution in [2.24, 2.45) is 17.6 Å². The molecule has 3 nitrogen and oxygen atoms in total. The summed E-state index contributed by atoms with van der Waals surface area (Å²) in [6.07, 6.45) is -0.167. The number of methoxy groups -OCH3 is 2. The second-order valence-corrected chi connectivity index (χ2v) is 2.98. The monoisotopic (exact) mass is 197 g/mol. The van der Waals surface area contributed by atoms with Crippen molar-refractivity contribution in [3.63, 3.8) is 0 Å². The molecule has 0 saturated heterocycles. The van der Waals surface area contributed by atoms with E-state index < -0.39 is 0 Å². The Kier molecular flexibility index (Phi) is 9.54. The van der Waals surface area contributed by atoms with Crippen LogP contribution in [0.1, 0.15) is 13.8 Å². The van der Waals surface area contributed by atoms with Crippen LogP contribution < -0.4 is 5.73 Å². The molecule has 0 amide bonds. The minimum absolute atomic E-state index is 0. The highest BCUT2D eigenvalue weighted by molar-refractivity contribution is 5.85. The highest BCUT2D eigenvalue weighted by Crippen LogP contribution is 2.16. The van der Waals surface area contributed by atoms with Gasteiger partial charge in [-0.05, 0) is 5.92 Å². The van der Waals surface area contributed by atoms with Crippen LogP contribution in [0.3, 0.4) is 0 Å². The molecule has 0 heterocycles. The number of nitrogens with two attached hydrogens (primary N) is 1. The molecule has 76 valence electrons. The van der Waals surface area contributed by atoms with Crippen LogP contribution in [0.25, 0.3) is 0 Å². The summed E-state index contributed by atoms with van der Waals surface area (Å²) in [4.78, 5) is 0. The maximum absolute atomic E-state index is 5.57. The Labute approximate surface area is 81.0 Å². The summed E-state index contributed by atoms with van der Waals surface area (Å²) in [5.74, 6) is 0.773. The van der Waals surface area contributed by atoms with Gasteiger partial charge in [0.15, 0.2) is 6.29 Å². The summed E-state index contributed by atoms with van der Waals surface area (Å²) in [5.41, 5.74) is 5.57. The smallest absolute Gasteiger partial charge is 0.161 e. The maximum atomic E-state index is 5.57. The second-order valence-electron chi connectivity index (χ2n) is 2.98. The zero-order valence-electron chi connectivity index (χ0n) is 8.24. The van der Waals surface area contributed by atoms with Gasteiger partial charge in [-0.25, -0.2) is 0 Å². The summed E-state index contributed by atoms with van der Waals surface area (Å²) < 4.78 is 10.2. The van der Waals surface area contributed by atoms with Crippen molar-refractivity contribution in [3.8, 4) is 0 Å². The molecule has 0 rings (SSSR count).